The van der Waals surface area contributed by atoms with Crippen molar-refractivity contribution in [2.24, 2.45) is 0 Å². The van der Waals surface area contributed by atoms with Crippen LogP contribution >= 0.6 is 0 Å². The zero-order valence-electron chi connectivity index (χ0n) is 13.2. The summed E-state index contributed by atoms with van der Waals surface area (Å²) < 4.78 is 0. The summed E-state index contributed by atoms with van der Waals surface area (Å²) >= 11 is 0. The van der Waals surface area contributed by atoms with E-state index in [1.807, 2.05) is 12.1 Å². The Morgan fingerprint density at radius 1 is 1.18 bits per heavy atom. The molecule has 0 bridgehead atoms. The standard InChI is InChI=1S/C18H24N4/c1-2-15-7-9-16(10-8-15)13-19-17-5-4-12-22(14-17)18-6-3-11-20-21-18/h3,6-11,17,19H,2,4-5,12-14H2,1H3. The molecule has 0 amide bonds. The molecule has 1 unspecified atom stereocenters. The van der Waals surface area contributed by atoms with Gasteiger partial charge in [0.1, 0.15) is 0 Å². The van der Waals surface area contributed by atoms with E-state index >= 15 is 0 Å². The van der Waals surface area contributed by atoms with Gasteiger partial charge in [0.05, 0.1) is 0 Å². The van der Waals surface area contributed by atoms with Crippen molar-refractivity contribution in [1.82, 2.24) is 15.5 Å². The fourth-order valence-electron chi connectivity index (χ4n) is 2.97. The van der Waals surface area contributed by atoms with Gasteiger partial charge in [-0.25, -0.2) is 0 Å². The predicted molar refractivity (Wildman–Crippen MR) is 89.9 cm³/mol. The average molecular weight is 296 g/mol. The molecule has 0 radical (unpaired) electrons. The number of hydrogen-bond acceptors (Lipinski definition) is 4. The van der Waals surface area contributed by atoms with E-state index in [9.17, 15) is 0 Å². The van der Waals surface area contributed by atoms with Gasteiger partial charge in [0.25, 0.3) is 0 Å². The second kappa shape index (κ2) is 7.36. The topological polar surface area (TPSA) is 41.0 Å². The van der Waals surface area contributed by atoms with Gasteiger partial charge in [-0.2, -0.15) is 5.10 Å². The van der Waals surface area contributed by atoms with Crippen LogP contribution in [0.15, 0.2) is 42.6 Å². The maximum Gasteiger partial charge on any atom is 0.151 e. The number of nitrogens with one attached hydrogen (secondary N) is 1. The van der Waals surface area contributed by atoms with E-state index in [2.05, 4.69) is 51.6 Å². The average Bonchev–Trinajstić information content (AvgIpc) is 2.61. The molecular formula is C18H24N4. The molecule has 116 valence electrons. The largest absolute Gasteiger partial charge is 0.354 e. The second-order valence-electron chi connectivity index (χ2n) is 5.92. The molecule has 0 spiro atoms. The van der Waals surface area contributed by atoms with Gasteiger partial charge in [0.2, 0.25) is 0 Å². The van der Waals surface area contributed by atoms with Crippen LogP contribution in [0.2, 0.25) is 0 Å². The summed E-state index contributed by atoms with van der Waals surface area (Å²) in [6, 6.07) is 13.4. The number of nitrogens with zero attached hydrogens (tertiary/aromatic N) is 3. The molecule has 2 heterocycles. The first-order valence-corrected chi connectivity index (χ1v) is 8.19. The monoisotopic (exact) mass is 296 g/mol. The molecule has 0 aliphatic carbocycles. The Morgan fingerprint density at radius 2 is 2.00 bits per heavy atom. The van der Waals surface area contributed by atoms with Crippen LogP contribution in [0, 0.1) is 0 Å². The number of benzene rings is 1. The number of rotatable bonds is 5. The minimum absolute atomic E-state index is 0.515. The molecule has 22 heavy (non-hydrogen) atoms. The summed E-state index contributed by atoms with van der Waals surface area (Å²) in [7, 11) is 0. The van der Waals surface area contributed by atoms with Crippen LogP contribution in [-0.2, 0) is 13.0 Å². The van der Waals surface area contributed by atoms with Crippen LogP contribution in [-0.4, -0.2) is 29.3 Å². The van der Waals surface area contributed by atoms with Crippen molar-refractivity contribution in [1.29, 1.82) is 0 Å². The Hall–Kier alpha value is -1.94. The highest BCUT2D eigenvalue weighted by Gasteiger charge is 2.20. The molecule has 1 N–H and O–H groups in total. The van der Waals surface area contributed by atoms with Gasteiger partial charge in [0.15, 0.2) is 5.82 Å². The summed E-state index contributed by atoms with van der Waals surface area (Å²) in [4.78, 5) is 2.33. The molecule has 4 nitrogen and oxygen atoms in total. The predicted octanol–water partition coefficient (Wildman–Crippen LogP) is 2.80. The van der Waals surface area contributed by atoms with Crippen molar-refractivity contribution in [3.8, 4) is 0 Å². The first-order valence-electron chi connectivity index (χ1n) is 8.19. The molecule has 1 aliphatic rings. The van der Waals surface area contributed by atoms with Crippen LogP contribution in [0.3, 0.4) is 0 Å². The highest BCUT2D eigenvalue weighted by Crippen LogP contribution is 2.17. The number of hydrogen-bond donors (Lipinski definition) is 1. The Bertz CT molecular complexity index is 567. The first kappa shape index (κ1) is 15.0. The Labute approximate surface area is 132 Å². The lowest BCUT2D eigenvalue weighted by Crippen LogP contribution is -2.45. The van der Waals surface area contributed by atoms with Crippen molar-refractivity contribution >= 4 is 5.82 Å². The van der Waals surface area contributed by atoms with E-state index in [0.717, 1.165) is 31.9 Å². The summed E-state index contributed by atoms with van der Waals surface area (Å²) in [6.45, 7) is 5.20. The van der Waals surface area contributed by atoms with Crippen molar-refractivity contribution in [3.05, 3.63) is 53.7 Å². The number of piperidine rings is 1. The van der Waals surface area contributed by atoms with Crippen LogP contribution in [0.5, 0.6) is 0 Å². The number of anilines is 1. The van der Waals surface area contributed by atoms with Crippen LogP contribution in [0.25, 0.3) is 0 Å². The van der Waals surface area contributed by atoms with Gasteiger partial charge in [-0.15, -0.1) is 5.10 Å². The third-order valence-electron chi connectivity index (χ3n) is 4.33. The van der Waals surface area contributed by atoms with Crippen LogP contribution < -0.4 is 10.2 Å². The molecule has 0 saturated carbocycles. The van der Waals surface area contributed by atoms with Gasteiger partial charge >= 0.3 is 0 Å². The molecular weight excluding hydrogens is 272 g/mol. The molecule has 1 aliphatic heterocycles. The van der Waals surface area contributed by atoms with Gasteiger partial charge in [-0.05, 0) is 42.5 Å². The van der Waals surface area contributed by atoms with E-state index < -0.39 is 0 Å². The molecule has 1 aromatic heterocycles. The summed E-state index contributed by atoms with van der Waals surface area (Å²) in [6.07, 6.45) is 5.25. The van der Waals surface area contributed by atoms with Crippen molar-refractivity contribution in [2.75, 3.05) is 18.0 Å². The van der Waals surface area contributed by atoms with Crippen LogP contribution in [0.4, 0.5) is 5.82 Å². The second-order valence-corrected chi connectivity index (χ2v) is 5.92. The molecule has 3 rings (SSSR count). The Balaban J connectivity index is 1.54. The van der Waals surface area contributed by atoms with E-state index in [1.165, 1.54) is 24.0 Å². The van der Waals surface area contributed by atoms with E-state index in [-0.39, 0.29) is 0 Å². The number of aryl methyl sites for hydroxylation is 1. The highest BCUT2D eigenvalue weighted by atomic mass is 15.3. The van der Waals surface area contributed by atoms with Crippen molar-refractivity contribution in [2.45, 2.75) is 38.8 Å². The lowest BCUT2D eigenvalue weighted by molar-refractivity contribution is 0.419. The van der Waals surface area contributed by atoms with Crippen LogP contribution in [0.1, 0.15) is 30.9 Å². The minimum atomic E-state index is 0.515. The summed E-state index contributed by atoms with van der Waals surface area (Å²) in [5.74, 6) is 0.987. The van der Waals surface area contributed by atoms with E-state index in [0.29, 0.717) is 6.04 Å². The fraction of sp³-hybridized carbons (Fsp3) is 0.444. The zero-order valence-corrected chi connectivity index (χ0v) is 13.2. The Morgan fingerprint density at radius 3 is 2.73 bits per heavy atom. The smallest absolute Gasteiger partial charge is 0.151 e. The lowest BCUT2D eigenvalue weighted by atomic mass is 10.0. The molecule has 2 aromatic rings. The molecule has 1 aromatic carbocycles. The maximum absolute atomic E-state index is 4.22. The van der Waals surface area contributed by atoms with Gasteiger partial charge in [-0.1, -0.05) is 31.2 Å². The fourth-order valence-corrected chi connectivity index (χ4v) is 2.97. The molecule has 1 fully saturated rings. The minimum Gasteiger partial charge on any atom is -0.354 e. The van der Waals surface area contributed by atoms with Crippen molar-refractivity contribution in [3.63, 3.8) is 0 Å². The molecule has 4 heteroatoms. The lowest BCUT2D eigenvalue weighted by Gasteiger charge is -2.33. The van der Waals surface area contributed by atoms with E-state index in [4.69, 9.17) is 0 Å². The first-order chi connectivity index (χ1) is 10.8. The Kier molecular flexibility index (Phi) is 5.01. The third-order valence-corrected chi connectivity index (χ3v) is 4.33. The quantitative estimate of drug-likeness (QED) is 0.921. The third kappa shape index (κ3) is 3.83. The van der Waals surface area contributed by atoms with Gasteiger partial charge in [-0.3, -0.25) is 0 Å². The molecule has 1 atom stereocenters. The van der Waals surface area contributed by atoms with Gasteiger partial charge in [0, 0.05) is 31.9 Å². The highest BCUT2D eigenvalue weighted by molar-refractivity contribution is 5.37. The summed E-state index contributed by atoms with van der Waals surface area (Å²) in [5.41, 5.74) is 2.75. The van der Waals surface area contributed by atoms with E-state index in [1.54, 1.807) is 6.20 Å². The zero-order chi connectivity index (χ0) is 15.2. The van der Waals surface area contributed by atoms with Crippen molar-refractivity contribution < 1.29 is 0 Å². The van der Waals surface area contributed by atoms with Gasteiger partial charge < -0.3 is 10.2 Å². The normalized spacial score (nSPS) is 18.4. The summed E-state index contributed by atoms with van der Waals surface area (Å²) in [5, 5.41) is 11.9. The number of aromatic nitrogens is 2. The molecule has 1 saturated heterocycles. The maximum atomic E-state index is 4.22. The SMILES string of the molecule is CCc1ccc(CNC2CCCN(c3cccnn3)C2)cc1.